The van der Waals surface area contributed by atoms with Crippen LogP contribution in [0.15, 0.2) is 30.5 Å². The number of non-ortho nitro benzene ring substituents is 1. The van der Waals surface area contributed by atoms with E-state index in [2.05, 4.69) is 28.8 Å². The molecule has 21 heavy (non-hydrogen) atoms. The van der Waals surface area contributed by atoms with Gasteiger partial charge in [0, 0.05) is 41.8 Å². The lowest BCUT2D eigenvalue weighted by Crippen LogP contribution is -2.40. The van der Waals surface area contributed by atoms with Crippen LogP contribution in [0.3, 0.4) is 0 Å². The quantitative estimate of drug-likeness (QED) is 0.628. The van der Waals surface area contributed by atoms with E-state index in [1.165, 1.54) is 12.8 Å². The Morgan fingerprint density at radius 2 is 1.86 bits per heavy atom. The summed E-state index contributed by atoms with van der Waals surface area (Å²) in [6.45, 7) is 0. The van der Waals surface area contributed by atoms with Crippen LogP contribution < -0.4 is 0 Å². The van der Waals surface area contributed by atoms with Crippen LogP contribution in [0.25, 0.3) is 10.9 Å². The molecule has 0 N–H and O–H groups in total. The average molecular weight is 285 g/mol. The number of fused-ring (bicyclic) bond motifs is 3. The summed E-state index contributed by atoms with van der Waals surface area (Å²) in [5.41, 5.74) is 1.18. The third-order valence-corrected chi connectivity index (χ3v) is 5.38. The van der Waals surface area contributed by atoms with Gasteiger partial charge in [-0.3, -0.25) is 10.1 Å². The molecule has 0 radical (unpaired) electrons. The number of hydrogen-bond acceptors (Lipinski definition) is 3. The van der Waals surface area contributed by atoms with Crippen LogP contribution in [0.1, 0.15) is 31.7 Å². The van der Waals surface area contributed by atoms with Gasteiger partial charge in [-0.2, -0.15) is 0 Å². The summed E-state index contributed by atoms with van der Waals surface area (Å²) >= 11 is 0. The minimum Gasteiger partial charge on any atom is -0.344 e. The summed E-state index contributed by atoms with van der Waals surface area (Å²) in [4.78, 5) is 13.2. The van der Waals surface area contributed by atoms with Crippen molar-refractivity contribution in [2.45, 2.75) is 43.8 Å². The molecule has 1 unspecified atom stereocenters. The first-order chi connectivity index (χ1) is 10.1. The lowest BCUT2D eigenvalue weighted by Gasteiger charge is -2.37. The Labute approximate surface area is 123 Å². The molecule has 5 nitrogen and oxygen atoms in total. The molecule has 3 heterocycles. The lowest BCUT2D eigenvalue weighted by atomic mass is 9.97. The van der Waals surface area contributed by atoms with E-state index in [0.29, 0.717) is 18.1 Å². The maximum absolute atomic E-state index is 11.0. The fourth-order valence-corrected chi connectivity index (χ4v) is 4.18. The van der Waals surface area contributed by atoms with Crippen LogP contribution >= 0.6 is 0 Å². The van der Waals surface area contributed by atoms with Crippen LogP contribution in [0.4, 0.5) is 5.69 Å². The molecule has 2 bridgehead atoms. The van der Waals surface area contributed by atoms with E-state index in [4.69, 9.17) is 0 Å². The molecular formula is C16H19N3O2. The molecule has 0 amide bonds. The highest BCUT2D eigenvalue weighted by atomic mass is 16.6. The highest BCUT2D eigenvalue weighted by molar-refractivity contribution is 5.82. The van der Waals surface area contributed by atoms with Gasteiger partial charge in [0.15, 0.2) is 0 Å². The van der Waals surface area contributed by atoms with Crippen molar-refractivity contribution in [1.29, 1.82) is 0 Å². The standard InChI is InChI=1S/C16H19N3O2/c1-17-12-4-5-13(17)9-15(8-12)18-7-6-11-2-3-14(19(20)21)10-16(11)18/h2-3,6-7,10,12-13,15H,4-5,8-9H2,1H3/t12-,13+,15?. The summed E-state index contributed by atoms with van der Waals surface area (Å²) in [6.07, 6.45) is 6.98. The molecular weight excluding hydrogens is 266 g/mol. The van der Waals surface area contributed by atoms with Crippen LogP contribution in [0.2, 0.25) is 0 Å². The third kappa shape index (κ3) is 1.95. The summed E-state index contributed by atoms with van der Waals surface area (Å²) in [7, 11) is 2.23. The van der Waals surface area contributed by atoms with Gasteiger partial charge in [0.2, 0.25) is 0 Å². The number of nitrogens with zero attached hydrogens (tertiary/aromatic N) is 3. The lowest BCUT2D eigenvalue weighted by molar-refractivity contribution is -0.384. The number of hydrogen-bond donors (Lipinski definition) is 0. The van der Waals surface area contributed by atoms with Gasteiger partial charge >= 0.3 is 0 Å². The van der Waals surface area contributed by atoms with Gasteiger partial charge in [-0.15, -0.1) is 0 Å². The Kier molecular flexibility index (Phi) is 2.79. The first kappa shape index (κ1) is 12.8. The van der Waals surface area contributed by atoms with Crippen molar-refractivity contribution in [3.8, 4) is 0 Å². The van der Waals surface area contributed by atoms with Gasteiger partial charge in [-0.25, -0.2) is 0 Å². The molecule has 2 aliphatic rings. The smallest absolute Gasteiger partial charge is 0.271 e. The second-order valence-corrected chi connectivity index (χ2v) is 6.40. The van der Waals surface area contributed by atoms with E-state index in [1.54, 1.807) is 12.1 Å². The molecule has 0 spiro atoms. The van der Waals surface area contributed by atoms with Crippen molar-refractivity contribution in [3.63, 3.8) is 0 Å². The first-order valence-corrected chi connectivity index (χ1v) is 7.60. The number of benzene rings is 1. The molecule has 4 rings (SSSR count). The summed E-state index contributed by atoms with van der Waals surface area (Å²) in [6, 6.07) is 9.04. The van der Waals surface area contributed by atoms with Gasteiger partial charge < -0.3 is 9.47 Å². The van der Waals surface area contributed by atoms with E-state index in [-0.39, 0.29) is 10.6 Å². The minimum absolute atomic E-state index is 0.179. The van der Waals surface area contributed by atoms with E-state index in [1.807, 2.05) is 6.07 Å². The Balaban J connectivity index is 1.73. The van der Waals surface area contributed by atoms with Gasteiger partial charge in [0.1, 0.15) is 0 Å². The fourth-order valence-electron chi connectivity index (χ4n) is 4.18. The Morgan fingerprint density at radius 1 is 1.14 bits per heavy atom. The van der Waals surface area contributed by atoms with E-state index in [9.17, 15) is 10.1 Å². The molecule has 3 atom stereocenters. The molecule has 1 aromatic heterocycles. The molecule has 110 valence electrons. The van der Waals surface area contributed by atoms with Crippen molar-refractivity contribution in [3.05, 3.63) is 40.6 Å². The van der Waals surface area contributed by atoms with E-state index >= 15 is 0 Å². The maximum Gasteiger partial charge on any atom is 0.271 e. The Bertz CT molecular complexity index is 695. The van der Waals surface area contributed by atoms with Crippen LogP contribution in [-0.4, -0.2) is 33.5 Å². The van der Waals surface area contributed by atoms with Crippen LogP contribution in [0, 0.1) is 10.1 Å². The molecule has 1 aromatic carbocycles. The molecule has 2 aromatic rings. The number of nitro benzene ring substituents is 1. The van der Waals surface area contributed by atoms with Gasteiger partial charge in [0.25, 0.3) is 5.69 Å². The first-order valence-electron chi connectivity index (χ1n) is 7.60. The van der Waals surface area contributed by atoms with Crippen molar-refractivity contribution < 1.29 is 4.92 Å². The summed E-state index contributed by atoms with van der Waals surface area (Å²) in [5, 5.41) is 12.1. The number of rotatable bonds is 2. The number of piperidine rings is 1. The van der Waals surface area contributed by atoms with Crippen molar-refractivity contribution in [2.75, 3.05) is 7.05 Å². The molecule has 2 saturated heterocycles. The summed E-state index contributed by atoms with van der Waals surface area (Å²) in [5.74, 6) is 0. The zero-order valence-corrected chi connectivity index (χ0v) is 12.1. The number of nitro groups is 1. The third-order valence-electron chi connectivity index (χ3n) is 5.38. The van der Waals surface area contributed by atoms with Gasteiger partial charge in [0.05, 0.1) is 10.4 Å². The fraction of sp³-hybridized carbons (Fsp3) is 0.500. The average Bonchev–Trinajstić information content (AvgIpc) is 2.95. The maximum atomic E-state index is 11.0. The van der Waals surface area contributed by atoms with Crippen molar-refractivity contribution in [2.24, 2.45) is 0 Å². The zero-order chi connectivity index (χ0) is 14.6. The predicted molar refractivity (Wildman–Crippen MR) is 81.4 cm³/mol. The Hall–Kier alpha value is -1.88. The van der Waals surface area contributed by atoms with Crippen molar-refractivity contribution >= 4 is 16.6 Å². The van der Waals surface area contributed by atoms with Gasteiger partial charge in [-0.05, 0) is 44.9 Å². The molecule has 0 saturated carbocycles. The predicted octanol–water partition coefficient (Wildman–Crippen LogP) is 3.35. The Morgan fingerprint density at radius 3 is 2.52 bits per heavy atom. The minimum atomic E-state index is -0.310. The second kappa shape index (κ2) is 4.56. The van der Waals surface area contributed by atoms with E-state index in [0.717, 1.165) is 23.7 Å². The number of aromatic nitrogens is 1. The highest BCUT2D eigenvalue weighted by Crippen LogP contribution is 2.41. The van der Waals surface area contributed by atoms with Crippen LogP contribution in [0.5, 0.6) is 0 Å². The molecule has 2 aliphatic heterocycles. The zero-order valence-electron chi connectivity index (χ0n) is 12.1. The van der Waals surface area contributed by atoms with Crippen molar-refractivity contribution in [1.82, 2.24) is 9.47 Å². The molecule has 0 aliphatic carbocycles. The van der Waals surface area contributed by atoms with Crippen LogP contribution in [-0.2, 0) is 0 Å². The normalized spacial score (nSPS) is 29.1. The monoisotopic (exact) mass is 285 g/mol. The van der Waals surface area contributed by atoms with Gasteiger partial charge in [-0.1, -0.05) is 0 Å². The van der Waals surface area contributed by atoms with E-state index < -0.39 is 0 Å². The SMILES string of the molecule is CN1[C@@H]2CC[C@H]1CC(n1ccc3ccc([N+](=O)[O-])cc31)C2. The highest BCUT2D eigenvalue weighted by Gasteiger charge is 2.39. The summed E-state index contributed by atoms with van der Waals surface area (Å²) < 4.78 is 2.26. The molecule has 5 heteroatoms. The second-order valence-electron chi connectivity index (χ2n) is 6.40. The largest absolute Gasteiger partial charge is 0.344 e. The topological polar surface area (TPSA) is 51.3 Å². The molecule has 2 fully saturated rings.